The van der Waals surface area contributed by atoms with Gasteiger partial charge >= 0.3 is 0 Å². The number of carbonyl (C=O) groups excluding carboxylic acids is 2. The maximum Gasteiger partial charge on any atom is 0.237 e. The van der Waals surface area contributed by atoms with E-state index in [1.54, 1.807) is 0 Å². The first kappa shape index (κ1) is 24.4. The Hall–Kier alpha value is -0.850. The molecule has 0 aromatic carbocycles. The summed E-state index contributed by atoms with van der Waals surface area (Å²) in [5, 5.41) is 9.73. The van der Waals surface area contributed by atoms with Gasteiger partial charge in [-0.25, -0.2) is 0 Å². The third-order valence-electron chi connectivity index (χ3n) is 7.45. The summed E-state index contributed by atoms with van der Waals surface area (Å²) >= 11 is 0. The molecule has 0 aromatic heterocycles. The van der Waals surface area contributed by atoms with Gasteiger partial charge < -0.3 is 16.0 Å². The molecule has 7 heteroatoms. The summed E-state index contributed by atoms with van der Waals surface area (Å²) in [6.07, 6.45) is 7.84. The molecule has 29 heavy (non-hydrogen) atoms. The van der Waals surface area contributed by atoms with Gasteiger partial charge in [0.1, 0.15) is 0 Å². The van der Waals surface area contributed by atoms with Crippen LogP contribution in [-0.4, -0.2) is 61.0 Å². The first-order chi connectivity index (χ1) is 13.5. The fourth-order valence-corrected chi connectivity index (χ4v) is 5.15. The van der Waals surface area contributed by atoms with Crippen molar-refractivity contribution in [1.82, 2.24) is 20.9 Å². The zero-order valence-electron chi connectivity index (χ0n) is 18.4. The number of likely N-dealkylation sites (tertiary alicyclic amines) is 1. The van der Waals surface area contributed by atoms with Crippen LogP contribution in [0.5, 0.6) is 0 Å². The molecule has 1 aliphatic carbocycles. The van der Waals surface area contributed by atoms with Crippen molar-refractivity contribution in [2.24, 2.45) is 17.8 Å². The molecule has 6 unspecified atom stereocenters. The molecule has 2 amide bonds. The van der Waals surface area contributed by atoms with Crippen LogP contribution in [0.4, 0.5) is 0 Å². The van der Waals surface area contributed by atoms with Gasteiger partial charge in [-0.05, 0) is 69.9 Å². The van der Waals surface area contributed by atoms with Gasteiger partial charge in [0, 0.05) is 19.1 Å². The first-order valence-corrected chi connectivity index (χ1v) is 11.5. The van der Waals surface area contributed by atoms with E-state index in [1.807, 2.05) is 6.92 Å². The lowest BCUT2D eigenvalue weighted by Gasteiger charge is -2.39. The standard InChI is InChI=1S/C22H40N4O2.ClH/c1-15-7-4-9-19(16(15)2)25-21(27)17(3)26-12-6-8-18(14-26)13-24-22(28)20-10-5-11-23-20;/h15-20,23H,4-14H2,1-3H3,(H,24,28)(H,25,27);1H. The minimum Gasteiger partial charge on any atom is -0.354 e. The molecule has 3 N–H and O–H groups in total. The summed E-state index contributed by atoms with van der Waals surface area (Å²) in [5.41, 5.74) is 0. The number of piperidine rings is 1. The van der Waals surface area contributed by atoms with E-state index in [9.17, 15) is 9.59 Å². The van der Waals surface area contributed by atoms with Gasteiger partial charge in [-0.1, -0.05) is 26.7 Å². The first-order valence-electron chi connectivity index (χ1n) is 11.5. The smallest absolute Gasteiger partial charge is 0.237 e. The van der Waals surface area contributed by atoms with Crippen LogP contribution >= 0.6 is 12.4 Å². The Kier molecular flexibility index (Phi) is 9.70. The van der Waals surface area contributed by atoms with Crippen molar-refractivity contribution in [1.29, 1.82) is 0 Å². The minimum atomic E-state index is -0.0977. The minimum absolute atomic E-state index is 0. The normalized spacial score (nSPS) is 34.1. The van der Waals surface area contributed by atoms with Crippen LogP contribution in [-0.2, 0) is 9.59 Å². The monoisotopic (exact) mass is 428 g/mol. The lowest BCUT2D eigenvalue weighted by Crippen LogP contribution is -2.54. The predicted octanol–water partition coefficient (Wildman–Crippen LogP) is 2.32. The van der Waals surface area contributed by atoms with E-state index in [0.717, 1.165) is 58.3 Å². The number of hydrogen-bond donors (Lipinski definition) is 3. The van der Waals surface area contributed by atoms with Crippen LogP contribution in [0, 0.1) is 17.8 Å². The van der Waals surface area contributed by atoms with Crippen LogP contribution in [0.1, 0.15) is 65.7 Å². The van der Waals surface area contributed by atoms with Crippen molar-refractivity contribution < 1.29 is 9.59 Å². The van der Waals surface area contributed by atoms with Crippen molar-refractivity contribution in [2.75, 3.05) is 26.2 Å². The number of halogens is 1. The van der Waals surface area contributed by atoms with Gasteiger partial charge in [0.25, 0.3) is 0 Å². The second kappa shape index (κ2) is 11.5. The highest BCUT2D eigenvalue weighted by Crippen LogP contribution is 2.29. The molecule has 0 bridgehead atoms. The van der Waals surface area contributed by atoms with Gasteiger partial charge in [0.15, 0.2) is 0 Å². The van der Waals surface area contributed by atoms with Gasteiger partial charge in [0.05, 0.1) is 12.1 Å². The molecular formula is C22H41ClN4O2. The third-order valence-corrected chi connectivity index (χ3v) is 7.45. The van der Waals surface area contributed by atoms with Crippen molar-refractivity contribution >= 4 is 24.2 Å². The molecule has 0 radical (unpaired) electrons. The van der Waals surface area contributed by atoms with Gasteiger partial charge in [-0.2, -0.15) is 0 Å². The quantitative estimate of drug-likeness (QED) is 0.607. The van der Waals surface area contributed by atoms with E-state index in [0.29, 0.717) is 23.8 Å². The summed E-state index contributed by atoms with van der Waals surface area (Å²) in [7, 11) is 0. The highest BCUT2D eigenvalue weighted by molar-refractivity contribution is 5.85. The molecule has 2 heterocycles. The summed E-state index contributed by atoms with van der Waals surface area (Å²) in [6.45, 7) is 10.1. The molecular weight excluding hydrogens is 388 g/mol. The molecule has 168 valence electrons. The summed E-state index contributed by atoms with van der Waals surface area (Å²) in [4.78, 5) is 27.4. The fourth-order valence-electron chi connectivity index (χ4n) is 5.15. The number of carbonyl (C=O) groups is 2. The molecule has 1 saturated carbocycles. The fraction of sp³-hybridized carbons (Fsp3) is 0.909. The van der Waals surface area contributed by atoms with Crippen molar-refractivity contribution in [3.63, 3.8) is 0 Å². The lowest BCUT2D eigenvalue weighted by molar-refractivity contribution is -0.128. The second-order valence-electron chi connectivity index (χ2n) is 9.46. The number of hydrogen-bond acceptors (Lipinski definition) is 4. The maximum absolute atomic E-state index is 12.9. The Bertz CT molecular complexity index is 541. The summed E-state index contributed by atoms with van der Waals surface area (Å²) in [5.74, 6) is 1.99. The van der Waals surface area contributed by atoms with Crippen molar-refractivity contribution in [3.05, 3.63) is 0 Å². The lowest BCUT2D eigenvalue weighted by atomic mass is 9.78. The zero-order chi connectivity index (χ0) is 20.1. The Labute approximate surface area is 182 Å². The molecule has 2 aliphatic heterocycles. The maximum atomic E-state index is 12.9. The molecule has 0 aromatic rings. The molecule has 2 saturated heterocycles. The molecule has 3 fully saturated rings. The molecule has 3 aliphatic rings. The van der Waals surface area contributed by atoms with Crippen molar-refractivity contribution in [2.45, 2.75) is 83.8 Å². The number of nitrogens with zero attached hydrogens (tertiary/aromatic N) is 1. The highest BCUT2D eigenvalue weighted by atomic mass is 35.5. The average Bonchev–Trinajstić information content (AvgIpc) is 3.24. The topological polar surface area (TPSA) is 73.5 Å². The van der Waals surface area contributed by atoms with Gasteiger partial charge in [0.2, 0.25) is 11.8 Å². The van der Waals surface area contributed by atoms with Crippen LogP contribution < -0.4 is 16.0 Å². The SMILES string of the molecule is CC1CCCC(NC(=O)C(C)N2CCCC(CNC(=O)C3CCCN3)C2)C1C.Cl. The number of amides is 2. The molecule has 0 spiro atoms. The second-order valence-corrected chi connectivity index (χ2v) is 9.46. The molecule has 6 atom stereocenters. The Morgan fingerprint density at radius 2 is 1.90 bits per heavy atom. The third kappa shape index (κ3) is 6.56. The van der Waals surface area contributed by atoms with Crippen LogP contribution in [0.3, 0.4) is 0 Å². The Morgan fingerprint density at radius 1 is 1.10 bits per heavy atom. The zero-order valence-corrected chi connectivity index (χ0v) is 19.2. The molecule has 3 rings (SSSR count). The van der Waals surface area contributed by atoms with E-state index in [2.05, 4.69) is 34.7 Å². The van der Waals surface area contributed by atoms with Crippen LogP contribution in [0.2, 0.25) is 0 Å². The number of rotatable bonds is 6. The van der Waals surface area contributed by atoms with E-state index in [1.165, 1.54) is 12.8 Å². The van der Waals surface area contributed by atoms with E-state index in [-0.39, 0.29) is 36.3 Å². The Balaban J connectivity index is 0.00000300. The van der Waals surface area contributed by atoms with E-state index >= 15 is 0 Å². The number of nitrogens with one attached hydrogen (secondary N) is 3. The van der Waals surface area contributed by atoms with Gasteiger partial charge in [-0.15, -0.1) is 12.4 Å². The molecule has 6 nitrogen and oxygen atoms in total. The van der Waals surface area contributed by atoms with Crippen LogP contribution in [0.25, 0.3) is 0 Å². The van der Waals surface area contributed by atoms with Gasteiger partial charge in [-0.3, -0.25) is 14.5 Å². The summed E-state index contributed by atoms with van der Waals surface area (Å²) < 4.78 is 0. The van der Waals surface area contributed by atoms with Crippen LogP contribution in [0.15, 0.2) is 0 Å². The predicted molar refractivity (Wildman–Crippen MR) is 119 cm³/mol. The largest absolute Gasteiger partial charge is 0.354 e. The Morgan fingerprint density at radius 3 is 2.62 bits per heavy atom. The van der Waals surface area contributed by atoms with E-state index in [4.69, 9.17) is 0 Å². The van der Waals surface area contributed by atoms with E-state index < -0.39 is 0 Å². The average molecular weight is 429 g/mol. The van der Waals surface area contributed by atoms with Crippen molar-refractivity contribution in [3.8, 4) is 0 Å². The summed E-state index contributed by atoms with van der Waals surface area (Å²) in [6, 6.07) is 0.209. The highest BCUT2D eigenvalue weighted by Gasteiger charge is 2.32.